The molecule has 0 saturated carbocycles. The van der Waals surface area contributed by atoms with E-state index in [2.05, 4.69) is 48.2 Å². The fraction of sp³-hybridized carbons (Fsp3) is 0.259. The summed E-state index contributed by atoms with van der Waals surface area (Å²) in [6.07, 6.45) is 3.94. The highest BCUT2D eigenvalue weighted by Crippen LogP contribution is 2.25. The lowest BCUT2D eigenvalue weighted by atomic mass is 10.1. The van der Waals surface area contributed by atoms with Crippen LogP contribution in [0.3, 0.4) is 0 Å². The summed E-state index contributed by atoms with van der Waals surface area (Å²) >= 11 is 0. The van der Waals surface area contributed by atoms with Crippen LogP contribution in [0, 0.1) is 13.8 Å². The van der Waals surface area contributed by atoms with E-state index in [1.54, 1.807) is 0 Å². The minimum Gasteiger partial charge on any atom is -0.336 e. The van der Waals surface area contributed by atoms with Crippen molar-refractivity contribution in [3.05, 3.63) is 102 Å². The molecule has 2 aromatic carbocycles. The van der Waals surface area contributed by atoms with Gasteiger partial charge in [-0.25, -0.2) is 4.68 Å². The summed E-state index contributed by atoms with van der Waals surface area (Å²) in [4.78, 5) is 18.1. The van der Waals surface area contributed by atoms with E-state index in [9.17, 15) is 4.79 Å². The van der Waals surface area contributed by atoms with Crippen LogP contribution in [0.5, 0.6) is 0 Å². The van der Waals surface area contributed by atoms with Gasteiger partial charge in [-0.2, -0.15) is 5.10 Å². The van der Waals surface area contributed by atoms with Crippen molar-refractivity contribution in [2.75, 3.05) is 26.2 Å². The summed E-state index contributed by atoms with van der Waals surface area (Å²) in [5.41, 5.74) is 4.83. The summed E-state index contributed by atoms with van der Waals surface area (Å²) in [5, 5.41) is 4.80. The summed E-state index contributed by atoms with van der Waals surface area (Å²) < 4.78 is 3.88. The molecule has 4 aromatic rings. The first-order valence-electron chi connectivity index (χ1n) is 11.5. The SMILES string of the molecule is Cc1cccc(-n2nc(C)c(C(=O)N3CCN(Cc4ccccc4)CC3)c2-n2cccc2)c1. The third kappa shape index (κ3) is 4.34. The second-order valence-corrected chi connectivity index (χ2v) is 8.68. The maximum Gasteiger partial charge on any atom is 0.259 e. The third-order valence-corrected chi connectivity index (χ3v) is 6.25. The highest BCUT2D eigenvalue weighted by atomic mass is 16.2. The van der Waals surface area contributed by atoms with E-state index in [1.807, 2.05) is 63.8 Å². The van der Waals surface area contributed by atoms with Crippen molar-refractivity contribution < 1.29 is 4.79 Å². The summed E-state index contributed by atoms with van der Waals surface area (Å²) in [5.74, 6) is 0.842. The van der Waals surface area contributed by atoms with E-state index in [0.29, 0.717) is 18.7 Å². The van der Waals surface area contributed by atoms with Gasteiger partial charge in [-0.15, -0.1) is 0 Å². The molecular formula is C27H29N5O. The van der Waals surface area contributed by atoms with Gasteiger partial charge in [0.05, 0.1) is 11.4 Å². The van der Waals surface area contributed by atoms with Gasteiger partial charge in [-0.1, -0.05) is 42.5 Å². The molecule has 1 aliphatic heterocycles. The normalized spacial score (nSPS) is 14.5. The average Bonchev–Trinajstić information content (AvgIpc) is 3.47. The van der Waals surface area contributed by atoms with E-state index < -0.39 is 0 Å². The Bertz CT molecular complexity index is 1240. The van der Waals surface area contributed by atoms with Crippen LogP contribution in [0.2, 0.25) is 0 Å². The predicted octanol–water partition coefficient (Wildman–Crippen LogP) is 4.24. The second kappa shape index (κ2) is 9.08. The number of carbonyl (C=O) groups is 1. The molecule has 1 aliphatic rings. The Morgan fingerprint density at radius 3 is 2.30 bits per heavy atom. The zero-order valence-electron chi connectivity index (χ0n) is 19.2. The maximum absolute atomic E-state index is 13.8. The molecule has 0 atom stereocenters. The number of aromatic nitrogens is 3. The Hall–Kier alpha value is -3.64. The van der Waals surface area contributed by atoms with Crippen LogP contribution in [-0.2, 0) is 6.54 Å². The number of rotatable bonds is 5. The predicted molar refractivity (Wildman–Crippen MR) is 130 cm³/mol. The Morgan fingerprint density at radius 2 is 1.61 bits per heavy atom. The minimum absolute atomic E-state index is 0.0504. The van der Waals surface area contributed by atoms with E-state index in [0.717, 1.165) is 42.4 Å². The number of piperazine rings is 1. The van der Waals surface area contributed by atoms with E-state index >= 15 is 0 Å². The van der Waals surface area contributed by atoms with Gasteiger partial charge in [-0.05, 0) is 49.2 Å². The lowest BCUT2D eigenvalue weighted by molar-refractivity contribution is 0.0628. The van der Waals surface area contributed by atoms with Crippen molar-refractivity contribution in [3.8, 4) is 11.5 Å². The Labute approximate surface area is 194 Å². The Balaban J connectivity index is 1.42. The first kappa shape index (κ1) is 21.2. The number of carbonyl (C=O) groups excluding carboxylic acids is 1. The number of hydrogen-bond donors (Lipinski definition) is 0. The molecule has 0 unspecified atom stereocenters. The summed E-state index contributed by atoms with van der Waals surface area (Å²) in [6, 6.07) is 22.7. The highest BCUT2D eigenvalue weighted by Gasteiger charge is 2.29. The van der Waals surface area contributed by atoms with Gasteiger partial charge in [0, 0.05) is 45.1 Å². The monoisotopic (exact) mass is 439 g/mol. The minimum atomic E-state index is 0.0504. The van der Waals surface area contributed by atoms with Gasteiger partial charge >= 0.3 is 0 Å². The number of nitrogens with zero attached hydrogens (tertiary/aromatic N) is 5. The summed E-state index contributed by atoms with van der Waals surface area (Å²) in [7, 11) is 0. The van der Waals surface area contributed by atoms with Crippen LogP contribution in [0.25, 0.3) is 11.5 Å². The molecule has 0 bridgehead atoms. The van der Waals surface area contributed by atoms with Crippen molar-refractivity contribution in [2.45, 2.75) is 20.4 Å². The fourth-order valence-electron chi connectivity index (χ4n) is 4.53. The maximum atomic E-state index is 13.8. The molecular weight excluding hydrogens is 410 g/mol. The Kier molecular flexibility index (Phi) is 5.84. The Morgan fingerprint density at radius 1 is 0.879 bits per heavy atom. The smallest absolute Gasteiger partial charge is 0.259 e. The van der Waals surface area contributed by atoms with Crippen LogP contribution in [0.15, 0.2) is 79.1 Å². The number of benzene rings is 2. The van der Waals surface area contributed by atoms with Gasteiger partial charge in [0.2, 0.25) is 0 Å². The molecule has 0 aliphatic carbocycles. The fourth-order valence-corrected chi connectivity index (χ4v) is 4.53. The molecule has 6 nitrogen and oxygen atoms in total. The lowest BCUT2D eigenvalue weighted by Crippen LogP contribution is -2.48. The average molecular weight is 440 g/mol. The van der Waals surface area contributed by atoms with Crippen molar-refractivity contribution >= 4 is 5.91 Å². The molecule has 0 radical (unpaired) electrons. The van der Waals surface area contributed by atoms with Crippen molar-refractivity contribution in [3.63, 3.8) is 0 Å². The largest absolute Gasteiger partial charge is 0.336 e. The van der Waals surface area contributed by atoms with E-state index in [4.69, 9.17) is 5.10 Å². The molecule has 1 fully saturated rings. The van der Waals surface area contributed by atoms with Crippen LogP contribution in [-0.4, -0.2) is 56.2 Å². The third-order valence-electron chi connectivity index (χ3n) is 6.25. The van der Waals surface area contributed by atoms with Crippen molar-refractivity contribution in [2.24, 2.45) is 0 Å². The molecule has 0 N–H and O–H groups in total. The van der Waals surface area contributed by atoms with Gasteiger partial charge in [0.15, 0.2) is 5.82 Å². The lowest BCUT2D eigenvalue weighted by Gasteiger charge is -2.35. The van der Waals surface area contributed by atoms with Crippen molar-refractivity contribution in [1.29, 1.82) is 0 Å². The number of amides is 1. The van der Waals surface area contributed by atoms with Gasteiger partial charge in [0.1, 0.15) is 5.56 Å². The van der Waals surface area contributed by atoms with Crippen LogP contribution >= 0.6 is 0 Å². The molecule has 1 saturated heterocycles. The molecule has 33 heavy (non-hydrogen) atoms. The molecule has 5 rings (SSSR count). The van der Waals surface area contributed by atoms with Crippen molar-refractivity contribution in [1.82, 2.24) is 24.1 Å². The highest BCUT2D eigenvalue weighted by molar-refractivity contribution is 5.98. The van der Waals surface area contributed by atoms with Gasteiger partial charge in [0.25, 0.3) is 5.91 Å². The molecule has 2 aromatic heterocycles. The molecule has 6 heteroatoms. The number of hydrogen-bond acceptors (Lipinski definition) is 3. The molecule has 3 heterocycles. The molecule has 168 valence electrons. The first-order chi connectivity index (χ1) is 16.1. The van der Waals surface area contributed by atoms with Crippen LogP contribution in [0.1, 0.15) is 27.2 Å². The zero-order chi connectivity index (χ0) is 22.8. The number of aryl methyl sites for hydroxylation is 2. The standard InChI is InChI=1S/C27H29N5O/c1-21-9-8-12-24(19-21)32-26(30-13-6-7-14-30)25(22(2)28-32)27(33)31-17-15-29(16-18-31)20-23-10-4-3-5-11-23/h3-14,19H,15-18,20H2,1-2H3. The summed E-state index contributed by atoms with van der Waals surface area (Å²) in [6.45, 7) is 8.07. The van der Waals surface area contributed by atoms with Crippen LogP contribution < -0.4 is 0 Å². The van der Waals surface area contributed by atoms with Gasteiger partial charge in [-0.3, -0.25) is 9.69 Å². The first-order valence-corrected chi connectivity index (χ1v) is 11.5. The van der Waals surface area contributed by atoms with Gasteiger partial charge < -0.3 is 9.47 Å². The van der Waals surface area contributed by atoms with Crippen LogP contribution in [0.4, 0.5) is 0 Å². The van der Waals surface area contributed by atoms with E-state index in [1.165, 1.54) is 5.56 Å². The quantitative estimate of drug-likeness (QED) is 0.467. The zero-order valence-corrected chi connectivity index (χ0v) is 19.2. The molecule has 1 amide bonds. The van der Waals surface area contributed by atoms with E-state index in [-0.39, 0.29) is 5.91 Å². The molecule has 0 spiro atoms. The topological polar surface area (TPSA) is 46.3 Å². The second-order valence-electron chi connectivity index (χ2n) is 8.68.